The number of carbonyl (C=O) groups excluding carboxylic acids is 5. The SMILES string of the molecule is CC(C)(C)[C@H](NC(=O)N[C@H](CN1CCNCC1(C)C)C(C)(C)C)C(=O)N1C[C@]2(C[C@H]1C(=O)NC(CC1CCC1)C(=O)C(N)=O)C(C)(C)C21CCC1. The van der Waals surface area contributed by atoms with E-state index in [1.54, 1.807) is 4.90 Å². The van der Waals surface area contributed by atoms with E-state index in [9.17, 15) is 24.0 Å². The van der Waals surface area contributed by atoms with Gasteiger partial charge in [0.2, 0.25) is 17.6 Å². The first kappa shape index (κ1) is 39.5. The van der Waals surface area contributed by atoms with Crippen molar-refractivity contribution in [3.63, 3.8) is 0 Å². The number of nitrogens with two attached hydrogens (primary N) is 1. The number of hydrogen-bond acceptors (Lipinski definition) is 7. The highest BCUT2D eigenvalue weighted by molar-refractivity contribution is 6.37. The Kier molecular flexibility index (Phi) is 10.5. The molecule has 3 saturated carbocycles. The Labute approximate surface area is 305 Å². The Bertz CT molecular complexity index is 1390. The third-order valence-corrected chi connectivity index (χ3v) is 14.2. The van der Waals surface area contributed by atoms with E-state index >= 15 is 0 Å². The highest BCUT2D eigenvalue weighted by Crippen LogP contribution is 2.88. The Balaban J connectivity index is 1.39. The van der Waals surface area contributed by atoms with E-state index in [2.05, 4.69) is 74.6 Å². The van der Waals surface area contributed by atoms with Gasteiger partial charge in [0, 0.05) is 49.7 Å². The van der Waals surface area contributed by atoms with E-state index < -0.39 is 47.2 Å². The van der Waals surface area contributed by atoms with E-state index in [4.69, 9.17) is 5.73 Å². The van der Waals surface area contributed by atoms with E-state index in [0.717, 1.165) is 58.2 Å². The predicted octanol–water partition coefficient (Wildman–Crippen LogP) is 3.33. The molecule has 3 aliphatic carbocycles. The number of likely N-dealkylation sites (tertiary alicyclic amines) is 1. The third kappa shape index (κ3) is 7.17. The zero-order valence-corrected chi connectivity index (χ0v) is 33.1. The fraction of sp³-hybridized carbons (Fsp3) is 0.872. The fourth-order valence-electron chi connectivity index (χ4n) is 10.1. The second-order valence-electron chi connectivity index (χ2n) is 19.9. The summed E-state index contributed by atoms with van der Waals surface area (Å²) in [6.45, 7) is 24.7. The van der Waals surface area contributed by atoms with Crippen LogP contribution in [0.15, 0.2) is 0 Å². The van der Waals surface area contributed by atoms with Crippen molar-refractivity contribution in [3.8, 4) is 0 Å². The topological polar surface area (TPSA) is 166 Å². The lowest BCUT2D eigenvalue weighted by Crippen LogP contribution is -2.64. The van der Waals surface area contributed by atoms with E-state index in [1.807, 2.05) is 20.8 Å². The lowest BCUT2D eigenvalue weighted by molar-refractivity contribution is -0.143. The zero-order valence-electron chi connectivity index (χ0n) is 33.1. The van der Waals surface area contributed by atoms with Crippen molar-refractivity contribution >= 4 is 29.5 Å². The molecule has 288 valence electrons. The molecule has 12 heteroatoms. The van der Waals surface area contributed by atoms with Gasteiger partial charge in [-0.05, 0) is 67.1 Å². The van der Waals surface area contributed by atoms with Gasteiger partial charge in [-0.15, -0.1) is 0 Å². The number of nitrogens with one attached hydrogen (secondary N) is 4. The lowest BCUT2D eigenvalue weighted by Gasteiger charge is -2.46. The third-order valence-electron chi connectivity index (χ3n) is 14.2. The minimum absolute atomic E-state index is 0.0572. The molecule has 0 bridgehead atoms. The zero-order chi connectivity index (χ0) is 37.9. The average molecular weight is 714 g/mol. The maximum Gasteiger partial charge on any atom is 0.315 e. The standard InChI is InChI=1S/C39H67N7O5/c1-34(2,3)27(21-45-18-17-41-22-36(45,7)8)43-33(51)44-29(35(4,5)6)32(50)46-23-39(37(9,10)38(39)15-12-16-38)20-26(46)31(49)42-25(28(47)30(40)48)19-24-13-11-14-24/h24-27,29,41H,11-23H2,1-10H3,(H2,40,48)(H,42,49)(H2,43,44,51)/t25?,26-,27+,29+,39+/m0/s1. The average Bonchev–Trinajstić information content (AvgIpc) is 3.19. The van der Waals surface area contributed by atoms with Crippen LogP contribution in [0.1, 0.15) is 121 Å². The molecule has 0 aromatic rings. The number of nitrogens with zero attached hydrogens (tertiary/aromatic N) is 2. The molecular formula is C39H67N7O5. The number of rotatable bonds is 11. The van der Waals surface area contributed by atoms with Gasteiger partial charge in [-0.1, -0.05) is 81.1 Å². The van der Waals surface area contributed by atoms with Gasteiger partial charge in [0.15, 0.2) is 0 Å². The molecule has 12 nitrogen and oxygen atoms in total. The molecule has 0 radical (unpaired) electrons. The summed E-state index contributed by atoms with van der Waals surface area (Å²) in [5, 5.41) is 12.7. The van der Waals surface area contributed by atoms with Crippen molar-refractivity contribution in [2.75, 3.05) is 32.7 Å². The smallest absolute Gasteiger partial charge is 0.315 e. The van der Waals surface area contributed by atoms with Gasteiger partial charge in [-0.25, -0.2) is 4.79 Å². The van der Waals surface area contributed by atoms with Gasteiger partial charge in [-0.2, -0.15) is 0 Å². The Hall–Kier alpha value is -2.73. The Morgan fingerprint density at radius 1 is 0.882 bits per heavy atom. The molecular weight excluding hydrogens is 646 g/mol. The molecule has 6 N–H and O–H groups in total. The van der Waals surface area contributed by atoms with Crippen LogP contribution in [0, 0.1) is 33.0 Å². The van der Waals surface area contributed by atoms with Crippen molar-refractivity contribution in [1.82, 2.24) is 31.1 Å². The highest BCUT2D eigenvalue weighted by atomic mass is 16.2. The van der Waals surface area contributed by atoms with Gasteiger partial charge >= 0.3 is 6.03 Å². The maximum absolute atomic E-state index is 14.9. The molecule has 5 atom stereocenters. The van der Waals surface area contributed by atoms with Crippen molar-refractivity contribution in [2.45, 2.75) is 150 Å². The van der Waals surface area contributed by atoms with Crippen LogP contribution in [-0.4, -0.2) is 102 Å². The quantitative estimate of drug-likeness (QED) is 0.205. The van der Waals surface area contributed by atoms with Gasteiger partial charge < -0.3 is 31.9 Å². The van der Waals surface area contributed by atoms with E-state index in [0.29, 0.717) is 25.9 Å². The summed E-state index contributed by atoms with van der Waals surface area (Å²) in [6, 6.07) is -3.39. The minimum atomic E-state index is -1.07. The van der Waals surface area contributed by atoms with Crippen molar-refractivity contribution in [2.24, 2.45) is 38.7 Å². The maximum atomic E-state index is 14.9. The molecule has 2 spiro atoms. The Morgan fingerprint density at radius 3 is 2.00 bits per heavy atom. The monoisotopic (exact) mass is 714 g/mol. The number of hydrogen-bond donors (Lipinski definition) is 5. The van der Waals surface area contributed by atoms with Crippen LogP contribution in [0.5, 0.6) is 0 Å². The van der Waals surface area contributed by atoms with Gasteiger partial charge in [0.1, 0.15) is 12.1 Å². The molecule has 0 aromatic carbocycles. The van der Waals surface area contributed by atoms with E-state index in [-0.39, 0.29) is 45.1 Å². The molecule has 5 amide bonds. The van der Waals surface area contributed by atoms with Crippen LogP contribution in [0.25, 0.3) is 0 Å². The first-order chi connectivity index (χ1) is 23.5. The first-order valence-corrected chi connectivity index (χ1v) is 19.4. The second kappa shape index (κ2) is 13.6. The number of fused-ring (bicyclic) bond motifs is 1. The second-order valence-corrected chi connectivity index (χ2v) is 19.9. The number of primary amides is 1. The molecule has 1 unspecified atom stereocenters. The molecule has 2 aliphatic heterocycles. The normalized spacial score (nSPS) is 28.6. The number of ketones is 1. The van der Waals surface area contributed by atoms with Crippen molar-refractivity contribution < 1.29 is 24.0 Å². The summed E-state index contributed by atoms with van der Waals surface area (Å²) in [7, 11) is 0. The van der Waals surface area contributed by atoms with Crippen LogP contribution < -0.4 is 27.0 Å². The number of carbonyl (C=O) groups is 5. The molecule has 2 heterocycles. The largest absolute Gasteiger partial charge is 0.363 e. The van der Waals surface area contributed by atoms with Crippen LogP contribution in [0.4, 0.5) is 4.79 Å². The van der Waals surface area contributed by atoms with Gasteiger partial charge in [0.25, 0.3) is 5.91 Å². The Morgan fingerprint density at radius 2 is 1.53 bits per heavy atom. The molecule has 0 aromatic heterocycles. The molecule has 5 fully saturated rings. The summed E-state index contributed by atoms with van der Waals surface area (Å²) in [5.74, 6) is -2.36. The predicted molar refractivity (Wildman–Crippen MR) is 197 cm³/mol. The lowest BCUT2D eigenvalue weighted by atomic mass is 9.73. The summed E-state index contributed by atoms with van der Waals surface area (Å²) in [6.07, 6.45) is 7.02. The minimum Gasteiger partial charge on any atom is -0.363 e. The van der Waals surface area contributed by atoms with Crippen LogP contribution in [0.2, 0.25) is 0 Å². The fourth-order valence-corrected chi connectivity index (χ4v) is 10.1. The molecule has 51 heavy (non-hydrogen) atoms. The van der Waals surface area contributed by atoms with E-state index in [1.165, 1.54) is 0 Å². The van der Waals surface area contributed by atoms with Crippen molar-refractivity contribution in [1.29, 1.82) is 0 Å². The summed E-state index contributed by atoms with van der Waals surface area (Å²) in [4.78, 5) is 72.2. The molecule has 2 saturated heterocycles. The number of urea groups is 1. The van der Waals surface area contributed by atoms with Crippen LogP contribution in [0.3, 0.4) is 0 Å². The molecule has 5 rings (SSSR count). The summed E-state index contributed by atoms with van der Waals surface area (Å²) in [5.41, 5.74) is 4.17. The number of amides is 5. The molecule has 5 aliphatic rings. The van der Waals surface area contributed by atoms with Gasteiger partial charge in [0.05, 0.1) is 6.04 Å². The first-order valence-electron chi connectivity index (χ1n) is 19.4. The summed E-state index contributed by atoms with van der Waals surface area (Å²) >= 11 is 0. The van der Waals surface area contributed by atoms with Crippen LogP contribution >= 0.6 is 0 Å². The summed E-state index contributed by atoms with van der Waals surface area (Å²) < 4.78 is 0. The van der Waals surface area contributed by atoms with Crippen molar-refractivity contribution in [3.05, 3.63) is 0 Å². The number of Topliss-reactive ketones (excluding diaryl/α,β-unsaturated/α-hetero) is 1. The highest BCUT2D eigenvalue weighted by Gasteiger charge is 2.85. The van der Waals surface area contributed by atoms with Crippen LogP contribution in [-0.2, 0) is 19.2 Å². The van der Waals surface area contributed by atoms with Gasteiger partial charge in [-0.3, -0.25) is 24.1 Å². The number of piperazine rings is 1.